The molecule has 0 unspecified atom stereocenters. The molecule has 2 aromatic heterocycles. The molecule has 7 nitrogen and oxygen atoms in total. The standard InChI is InChI=1S/C12H15N5O2/c1-16-4-3-14-10(16)7-17(2)11-9(13)5-8(6-15-11)12(18)19/h3-6H,7,13H2,1-2H3,(H,18,19). The van der Waals surface area contributed by atoms with Crippen LogP contribution in [0.5, 0.6) is 0 Å². The largest absolute Gasteiger partial charge is 0.478 e. The number of carbonyl (C=O) groups is 1. The highest BCUT2D eigenvalue weighted by molar-refractivity contribution is 5.89. The number of pyridine rings is 1. The van der Waals surface area contributed by atoms with Gasteiger partial charge in [0.15, 0.2) is 5.82 Å². The fourth-order valence-corrected chi connectivity index (χ4v) is 1.75. The first kappa shape index (κ1) is 12.9. The Morgan fingerprint density at radius 2 is 2.26 bits per heavy atom. The van der Waals surface area contributed by atoms with Crippen molar-refractivity contribution in [2.24, 2.45) is 7.05 Å². The summed E-state index contributed by atoms with van der Waals surface area (Å²) in [6.07, 6.45) is 4.86. The van der Waals surface area contributed by atoms with E-state index >= 15 is 0 Å². The third-order valence-corrected chi connectivity index (χ3v) is 2.80. The fourth-order valence-electron chi connectivity index (χ4n) is 1.75. The molecule has 0 aliphatic heterocycles. The predicted molar refractivity (Wildman–Crippen MR) is 70.9 cm³/mol. The van der Waals surface area contributed by atoms with E-state index in [0.29, 0.717) is 18.1 Å². The third-order valence-electron chi connectivity index (χ3n) is 2.80. The van der Waals surface area contributed by atoms with Gasteiger partial charge in [0.25, 0.3) is 0 Å². The number of nitrogens with two attached hydrogens (primary N) is 1. The van der Waals surface area contributed by atoms with Crippen molar-refractivity contribution in [2.75, 3.05) is 17.7 Å². The molecule has 19 heavy (non-hydrogen) atoms. The molecule has 3 N–H and O–H groups in total. The van der Waals surface area contributed by atoms with Crippen molar-refractivity contribution >= 4 is 17.5 Å². The third kappa shape index (κ3) is 2.65. The number of aryl methyl sites for hydroxylation is 1. The van der Waals surface area contributed by atoms with Gasteiger partial charge in [-0.25, -0.2) is 14.8 Å². The number of rotatable bonds is 4. The van der Waals surface area contributed by atoms with Crippen molar-refractivity contribution in [3.8, 4) is 0 Å². The summed E-state index contributed by atoms with van der Waals surface area (Å²) >= 11 is 0. The Morgan fingerprint density at radius 1 is 1.53 bits per heavy atom. The number of anilines is 2. The maximum Gasteiger partial charge on any atom is 0.337 e. The summed E-state index contributed by atoms with van der Waals surface area (Å²) < 4.78 is 1.90. The van der Waals surface area contributed by atoms with Crippen molar-refractivity contribution in [3.05, 3.63) is 36.0 Å². The maximum absolute atomic E-state index is 10.8. The number of imidazole rings is 1. The van der Waals surface area contributed by atoms with E-state index < -0.39 is 5.97 Å². The average Bonchev–Trinajstić information content (AvgIpc) is 2.74. The van der Waals surface area contributed by atoms with Gasteiger partial charge in [-0.15, -0.1) is 0 Å². The maximum atomic E-state index is 10.8. The van der Waals surface area contributed by atoms with Crippen LogP contribution in [-0.2, 0) is 13.6 Å². The first-order chi connectivity index (χ1) is 8.99. The summed E-state index contributed by atoms with van der Waals surface area (Å²) in [5.74, 6) is 0.358. The molecule has 100 valence electrons. The number of aromatic carboxylic acids is 1. The Hall–Kier alpha value is -2.57. The zero-order chi connectivity index (χ0) is 14.0. The number of carboxylic acid groups (broad SMARTS) is 1. The Kier molecular flexibility index (Phi) is 3.37. The lowest BCUT2D eigenvalue weighted by molar-refractivity contribution is 0.0696. The van der Waals surface area contributed by atoms with E-state index in [1.165, 1.54) is 12.3 Å². The van der Waals surface area contributed by atoms with Crippen LogP contribution < -0.4 is 10.6 Å². The molecule has 2 rings (SSSR count). The molecule has 0 aliphatic rings. The molecular weight excluding hydrogens is 246 g/mol. The molecule has 0 radical (unpaired) electrons. The molecule has 0 saturated carbocycles. The monoisotopic (exact) mass is 261 g/mol. The Bertz CT molecular complexity index is 608. The van der Waals surface area contributed by atoms with Gasteiger partial charge in [-0.1, -0.05) is 0 Å². The minimum Gasteiger partial charge on any atom is -0.478 e. The Balaban J connectivity index is 2.22. The van der Waals surface area contributed by atoms with Gasteiger partial charge < -0.3 is 20.3 Å². The molecule has 0 atom stereocenters. The number of nitrogen functional groups attached to an aromatic ring is 1. The molecule has 0 bridgehead atoms. The minimum absolute atomic E-state index is 0.0756. The van der Waals surface area contributed by atoms with Crippen molar-refractivity contribution in [2.45, 2.75) is 6.54 Å². The van der Waals surface area contributed by atoms with Gasteiger partial charge in [-0.05, 0) is 6.07 Å². The first-order valence-electron chi connectivity index (χ1n) is 5.65. The van der Waals surface area contributed by atoms with Crippen molar-refractivity contribution in [1.82, 2.24) is 14.5 Å². The van der Waals surface area contributed by atoms with Crippen molar-refractivity contribution in [3.63, 3.8) is 0 Å². The molecule has 2 aromatic rings. The predicted octanol–water partition coefficient (Wildman–Crippen LogP) is 0.732. The van der Waals surface area contributed by atoms with Gasteiger partial charge in [0.1, 0.15) is 5.82 Å². The molecule has 0 saturated heterocycles. The summed E-state index contributed by atoms with van der Waals surface area (Å²) in [6, 6.07) is 1.40. The quantitative estimate of drug-likeness (QED) is 0.842. The van der Waals surface area contributed by atoms with Gasteiger partial charge in [-0.2, -0.15) is 0 Å². The topological polar surface area (TPSA) is 97.3 Å². The molecule has 0 spiro atoms. The van der Waals surface area contributed by atoms with Gasteiger partial charge in [-0.3, -0.25) is 0 Å². The summed E-state index contributed by atoms with van der Waals surface area (Å²) in [5.41, 5.74) is 6.24. The Morgan fingerprint density at radius 3 is 2.79 bits per heavy atom. The highest BCUT2D eigenvalue weighted by Gasteiger charge is 2.12. The van der Waals surface area contributed by atoms with Crippen LogP contribution in [0.1, 0.15) is 16.2 Å². The second-order valence-corrected chi connectivity index (χ2v) is 4.25. The van der Waals surface area contributed by atoms with Crippen molar-refractivity contribution in [1.29, 1.82) is 0 Å². The molecule has 0 aliphatic carbocycles. The van der Waals surface area contributed by atoms with Crippen LogP contribution >= 0.6 is 0 Å². The summed E-state index contributed by atoms with van der Waals surface area (Å²) in [4.78, 5) is 20.9. The van der Waals surface area contributed by atoms with E-state index in [2.05, 4.69) is 9.97 Å². The van der Waals surface area contributed by atoms with Gasteiger partial charge in [0.2, 0.25) is 0 Å². The summed E-state index contributed by atoms with van der Waals surface area (Å²) in [5, 5.41) is 8.86. The summed E-state index contributed by atoms with van der Waals surface area (Å²) in [7, 11) is 3.73. The van der Waals surface area contributed by atoms with Crippen LogP contribution in [-0.4, -0.2) is 32.7 Å². The highest BCUT2D eigenvalue weighted by Crippen LogP contribution is 2.21. The van der Waals surface area contributed by atoms with Crippen LogP contribution in [0.2, 0.25) is 0 Å². The van der Waals surface area contributed by atoms with Crippen LogP contribution in [0.4, 0.5) is 11.5 Å². The zero-order valence-corrected chi connectivity index (χ0v) is 10.7. The number of hydrogen-bond acceptors (Lipinski definition) is 5. The summed E-state index contributed by atoms with van der Waals surface area (Å²) in [6.45, 7) is 0.535. The average molecular weight is 261 g/mol. The minimum atomic E-state index is -1.04. The molecular formula is C12H15N5O2. The molecule has 0 fully saturated rings. The van der Waals surface area contributed by atoms with E-state index in [4.69, 9.17) is 10.8 Å². The van der Waals surface area contributed by atoms with E-state index in [9.17, 15) is 4.79 Å². The van der Waals surface area contributed by atoms with E-state index in [0.717, 1.165) is 5.82 Å². The second kappa shape index (κ2) is 4.97. The number of hydrogen-bond donors (Lipinski definition) is 2. The Labute approximate surface area is 110 Å². The van der Waals surface area contributed by atoms with Crippen LogP contribution in [0.3, 0.4) is 0 Å². The van der Waals surface area contributed by atoms with Crippen molar-refractivity contribution < 1.29 is 9.90 Å². The zero-order valence-electron chi connectivity index (χ0n) is 10.7. The molecule has 2 heterocycles. The molecule has 7 heteroatoms. The number of carboxylic acids is 1. The molecule has 0 aromatic carbocycles. The van der Waals surface area contributed by atoms with Crippen LogP contribution in [0.15, 0.2) is 24.7 Å². The smallest absolute Gasteiger partial charge is 0.337 e. The normalized spacial score (nSPS) is 10.4. The van der Waals surface area contributed by atoms with Crippen LogP contribution in [0.25, 0.3) is 0 Å². The highest BCUT2D eigenvalue weighted by atomic mass is 16.4. The first-order valence-corrected chi connectivity index (χ1v) is 5.65. The fraction of sp³-hybridized carbons (Fsp3) is 0.250. The SMILES string of the molecule is CN(Cc1nccn1C)c1ncc(C(=O)O)cc1N. The van der Waals surface area contributed by atoms with Crippen LogP contribution in [0, 0.1) is 0 Å². The lowest BCUT2D eigenvalue weighted by Gasteiger charge is -2.19. The second-order valence-electron chi connectivity index (χ2n) is 4.25. The van der Waals surface area contributed by atoms with E-state index in [1.54, 1.807) is 6.20 Å². The lowest BCUT2D eigenvalue weighted by atomic mass is 10.2. The van der Waals surface area contributed by atoms with Gasteiger partial charge >= 0.3 is 5.97 Å². The van der Waals surface area contributed by atoms with Gasteiger partial charge in [0.05, 0.1) is 17.8 Å². The number of nitrogens with zero attached hydrogens (tertiary/aromatic N) is 4. The van der Waals surface area contributed by atoms with E-state index in [1.807, 2.05) is 29.8 Å². The van der Waals surface area contributed by atoms with E-state index in [-0.39, 0.29) is 5.56 Å². The number of aromatic nitrogens is 3. The lowest BCUT2D eigenvalue weighted by Crippen LogP contribution is -2.21. The van der Waals surface area contributed by atoms with Gasteiger partial charge in [0, 0.05) is 32.7 Å². The molecule has 0 amide bonds.